The Morgan fingerprint density at radius 3 is 2.73 bits per heavy atom. The van der Waals surface area contributed by atoms with Gasteiger partial charge in [0.25, 0.3) is 5.91 Å². The van der Waals surface area contributed by atoms with Gasteiger partial charge in [0.2, 0.25) is 0 Å². The summed E-state index contributed by atoms with van der Waals surface area (Å²) in [5.74, 6) is 0.0187. The van der Waals surface area contributed by atoms with Crippen molar-refractivity contribution in [1.29, 1.82) is 0 Å². The molecular weight excluding hydrogens is 421 g/mol. The second-order valence-corrected chi connectivity index (χ2v) is 8.83. The Hall–Kier alpha value is -1.76. The molecule has 0 spiro atoms. The van der Waals surface area contributed by atoms with Gasteiger partial charge in [-0.1, -0.05) is 29.3 Å². The van der Waals surface area contributed by atoms with E-state index in [-0.39, 0.29) is 5.91 Å². The highest BCUT2D eigenvalue weighted by Crippen LogP contribution is 2.32. The van der Waals surface area contributed by atoms with Crippen molar-refractivity contribution in [2.75, 3.05) is 44.2 Å². The maximum Gasteiger partial charge on any atom is 0.254 e. The molecule has 2 aromatic rings. The van der Waals surface area contributed by atoms with Crippen LogP contribution in [0.25, 0.3) is 0 Å². The first-order valence-corrected chi connectivity index (χ1v) is 11.6. The van der Waals surface area contributed by atoms with E-state index in [1.165, 1.54) is 0 Å². The Kier molecular flexibility index (Phi) is 7.18. The average molecular weight is 450 g/mol. The predicted octanol–water partition coefficient (Wildman–Crippen LogP) is 3.86. The number of piperazine rings is 1. The lowest BCUT2D eigenvalue weighted by atomic mass is 10.1. The van der Waals surface area contributed by atoms with E-state index in [1.54, 1.807) is 6.20 Å². The first-order chi connectivity index (χ1) is 14.6. The van der Waals surface area contributed by atoms with Gasteiger partial charge in [-0.05, 0) is 50.8 Å². The van der Waals surface area contributed by atoms with Crippen LogP contribution in [0.4, 0.5) is 5.69 Å². The Labute approximate surface area is 188 Å². The van der Waals surface area contributed by atoms with E-state index in [4.69, 9.17) is 23.2 Å². The number of amides is 1. The third kappa shape index (κ3) is 4.93. The van der Waals surface area contributed by atoms with Gasteiger partial charge in [0.1, 0.15) is 0 Å². The lowest BCUT2D eigenvalue weighted by Crippen LogP contribution is -2.46. The molecule has 2 aliphatic rings. The van der Waals surface area contributed by atoms with Gasteiger partial charge in [-0.3, -0.25) is 14.4 Å². The summed E-state index contributed by atoms with van der Waals surface area (Å²) in [5.41, 5.74) is 2.87. The zero-order valence-corrected chi connectivity index (χ0v) is 18.8. The van der Waals surface area contributed by atoms with Crippen molar-refractivity contribution in [3.63, 3.8) is 0 Å². The number of unbranched alkanes of at least 4 members (excludes halogenated alkanes) is 1. The number of aromatic nitrogens is 2. The number of halogens is 2. The van der Waals surface area contributed by atoms with Crippen LogP contribution in [0.3, 0.4) is 0 Å². The quantitative estimate of drug-likeness (QED) is 0.651. The zero-order valence-electron chi connectivity index (χ0n) is 17.2. The van der Waals surface area contributed by atoms with Crippen LogP contribution in [0.2, 0.25) is 10.0 Å². The number of carbonyl (C=O) groups is 1. The Bertz CT molecular complexity index is 876. The standard InChI is InChI=1S/C22H29Cl2N5O/c23-18-6-5-8-20(21(18)24)28-14-12-27(13-15-28)10-4-2-9-25-22(30)17-16-26-29-11-3-1-7-19(17)29/h5-6,8,16H,1-4,7,9-15H2,(H,25,30). The minimum Gasteiger partial charge on any atom is -0.368 e. The number of benzene rings is 1. The van der Waals surface area contributed by atoms with E-state index >= 15 is 0 Å². The molecule has 0 unspecified atom stereocenters. The van der Waals surface area contributed by atoms with Gasteiger partial charge < -0.3 is 10.2 Å². The molecule has 3 heterocycles. The minimum absolute atomic E-state index is 0.0187. The van der Waals surface area contributed by atoms with Crippen molar-refractivity contribution in [1.82, 2.24) is 20.0 Å². The Morgan fingerprint density at radius 1 is 1.07 bits per heavy atom. The van der Waals surface area contributed by atoms with Gasteiger partial charge in [0, 0.05) is 39.3 Å². The van der Waals surface area contributed by atoms with Crippen LogP contribution in [0.15, 0.2) is 24.4 Å². The SMILES string of the molecule is O=C(NCCCCN1CCN(c2cccc(Cl)c2Cl)CC1)c1cnn2c1CCCC2. The summed E-state index contributed by atoms with van der Waals surface area (Å²) in [5, 5.41) is 8.67. The van der Waals surface area contributed by atoms with E-state index in [0.29, 0.717) is 16.6 Å². The molecule has 162 valence electrons. The lowest BCUT2D eigenvalue weighted by molar-refractivity contribution is 0.0951. The van der Waals surface area contributed by atoms with Crippen molar-refractivity contribution < 1.29 is 4.79 Å². The van der Waals surface area contributed by atoms with Gasteiger partial charge in [0.15, 0.2) is 0 Å². The number of fused-ring (bicyclic) bond motifs is 1. The van der Waals surface area contributed by atoms with Crippen LogP contribution in [0.1, 0.15) is 41.7 Å². The number of anilines is 1. The van der Waals surface area contributed by atoms with Crippen LogP contribution in [0.5, 0.6) is 0 Å². The fourth-order valence-electron chi connectivity index (χ4n) is 4.32. The molecule has 1 aromatic carbocycles. The molecule has 1 aromatic heterocycles. The van der Waals surface area contributed by atoms with Gasteiger partial charge >= 0.3 is 0 Å². The second-order valence-electron chi connectivity index (χ2n) is 8.05. The largest absolute Gasteiger partial charge is 0.368 e. The molecule has 0 radical (unpaired) electrons. The first-order valence-electron chi connectivity index (χ1n) is 10.9. The van der Waals surface area contributed by atoms with Gasteiger partial charge in [-0.15, -0.1) is 0 Å². The molecule has 4 rings (SSSR count). The topological polar surface area (TPSA) is 53.4 Å². The van der Waals surface area contributed by atoms with E-state index in [1.807, 2.05) is 22.9 Å². The van der Waals surface area contributed by atoms with Crippen LogP contribution in [-0.2, 0) is 13.0 Å². The second kappa shape index (κ2) is 10.0. The summed E-state index contributed by atoms with van der Waals surface area (Å²) in [7, 11) is 0. The monoisotopic (exact) mass is 449 g/mol. The highest BCUT2D eigenvalue weighted by molar-refractivity contribution is 6.43. The minimum atomic E-state index is 0.0187. The number of aryl methyl sites for hydroxylation is 1. The molecule has 6 nitrogen and oxygen atoms in total. The van der Waals surface area contributed by atoms with Gasteiger partial charge in [-0.25, -0.2) is 0 Å². The fourth-order valence-corrected chi connectivity index (χ4v) is 4.73. The molecule has 1 N–H and O–H groups in total. The summed E-state index contributed by atoms with van der Waals surface area (Å²) in [6.07, 6.45) is 7.02. The number of hydrogen-bond acceptors (Lipinski definition) is 4. The van der Waals surface area contributed by atoms with E-state index in [2.05, 4.69) is 20.2 Å². The van der Waals surface area contributed by atoms with Crippen LogP contribution in [-0.4, -0.2) is 59.9 Å². The Morgan fingerprint density at radius 2 is 1.90 bits per heavy atom. The zero-order chi connectivity index (χ0) is 20.9. The van der Waals surface area contributed by atoms with E-state index in [9.17, 15) is 4.79 Å². The summed E-state index contributed by atoms with van der Waals surface area (Å²) in [6.45, 7) is 6.61. The average Bonchev–Trinajstić information content (AvgIpc) is 3.20. The van der Waals surface area contributed by atoms with Crippen LogP contribution in [0, 0.1) is 0 Å². The molecule has 1 amide bonds. The summed E-state index contributed by atoms with van der Waals surface area (Å²) >= 11 is 12.5. The van der Waals surface area contributed by atoms with Crippen molar-refractivity contribution in [2.24, 2.45) is 0 Å². The molecule has 1 saturated heterocycles. The molecule has 2 aliphatic heterocycles. The summed E-state index contributed by atoms with van der Waals surface area (Å²) in [4.78, 5) is 17.2. The maximum atomic E-state index is 12.5. The Balaban J connectivity index is 1.14. The summed E-state index contributed by atoms with van der Waals surface area (Å²) < 4.78 is 1.98. The highest BCUT2D eigenvalue weighted by Gasteiger charge is 2.21. The molecule has 1 fully saturated rings. The van der Waals surface area contributed by atoms with Crippen LogP contribution >= 0.6 is 23.2 Å². The molecule has 0 saturated carbocycles. The lowest BCUT2D eigenvalue weighted by Gasteiger charge is -2.36. The van der Waals surface area contributed by atoms with Crippen molar-refractivity contribution in [2.45, 2.75) is 38.6 Å². The van der Waals surface area contributed by atoms with Crippen molar-refractivity contribution >= 4 is 34.8 Å². The van der Waals surface area contributed by atoms with E-state index < -0.39 is 0 Å². The number of nitrogens with zero attached hydrogens (tertiary/aromatic N) is 4. The highest BCUT2D eigenvalue weighted by atomic mass is 35.5. The predicted molar refractivity (Wildman–Crippen MR) is 122 cm³/mol. The van der Waals surface area contributed by atoms with Crippen LogP contribution < -0.4 is 10.2 Å². The smallest absolute Gasteiger partial charge is 0.254 e. The number of carbonyl (C=O) groups excluding carboxylic acids is 1. The third-order valence-corrected chi connectivity index (χ3v) is 6.87. The number of hydrogen-bond donors (Lipinski definition) is 1. The molecule has 30 heavy (non-hydrogen) atoms. The molecule has 0 bridgehead atoms. The fraction of sp³-hybridized carbons (Fsp3) is 0.545. The molecule has 0 atom stereocenters. The van der Waals surface area contributed by atoms with Crippen molar-refractivity contribution in [3.05, 3.63) is 45.7 Å². The van der Waals surface area contributed by atoms with E-state index in [0.717, 1.165) is 88.3 Å². The third-order valence-electron chi connectivity index (χ3n) is 6.06. The van der Waals surface area contributed by atoms with Gasteiger partial charge in [0.05, 0.1) is 33.2 Å². The number of nitrogens with one attached hydrogen (secondary N) is 1. The normalized spacial score (nSPS) is 17.1. The summed E-state index contributed by atoms with van der Waals surface area (Å²) in [6, 6.07) is 5.80. The van der Waals surface area contributed by atoms with Crippen molar-refractivity contribution in [3.8, 4) is 0 Å². The molecule has 0 aliphatic carbocycles. The molecular formula is C22H29Cl2N5O. The maximum absolute atomic E-state index is 12.5. The molecule has 8 heteroatoms. The van der Waals surface area contributed by atoms with Gasteiger partial charge in [-0.2, -0.15) is 5.10 Å². The number of rotatable bonds is 7. The first kappa shape index (κ1) is 21.5.